The molecule has 3 rings (SSSR count). The van der Waals surface area contributed by atoms with E-state index in [4.69, 9.17) is 27.6 Å². The summed E-state index contributed by atoms with van der Waals surface area (Å²) in [6.45, 7) is 0.131. The van der Waals surface area contributed by atoms with E-state index in [0.29, 0.717) is 15.8 Å². The number of halogens is 2. The Labute approximate surface area is 138 Å². The average Bonchev–Trinajstić information content (AvgIpc) is 3.09. The van der Waals surface area contributed by atoms with Crippen LogP contribution in [0.3, 0.4) is 0 Å². The van der Waals surface area contributed by atoms with Gasteiger partial charge in [-0.3, -0.25) is 4.79 Å². The largest absolute Gasteiger partial charge is 0.467 e. The van der Waals surface area contributed by atoms with Gasteiger partial charge in [0, 0.05) is 16.0 Å². The van der Waals surface area contributed by atoms with Crippen molar-refractivity contribution in [2.45, 2.75) is 18.4 Å². The maximum Gasteiger partial charge on any atom is 0.223 e. The molecule has 116 valence electrons. The molecule has 0 radical (unpaired) electrons. The lowest BCUT2D eigenvalue weighted by Gasteiger charge is -2.09. The number of aliphatic hydroxyl groups excluding tert-OH is 1. The summed E-state index contributed by atoms with van der Waals surface area (Å²) in [6.07, 6.45) is 1.41. The van der Waals surface area contributed by atoms with Crippen LogP contribution < -0.4 is 5.32 Å². The number of hydrogen-bond acceptors (Lipinski definition) is 3. The van der Waals surface area contributed by atoms with Crippen molar-refractivity contribution in [1.29, 1.82) is 0 Å². The van der Waals surface area contributed by atoms with Gasteiger partial charge in [-0.1, -0.05) is 23.2 Å². The van der Waals surface area contributed by atoms with Crippen molar-refractivity contribution in [3.8, 4) is 0 Å². The van der Waals surface area contributed by atoms with E-state index < -0.39 is 6.10 Å². The molecule has 2 N–H and O–H groups in total. The van der Waals surface area contributed by atoms with Crippen molar-refractivity contribution in [3.05, 3.63) is 58.0 Å². The molecular formula is C16H15Cl2NO3. The molecule has 0 saturated heterocycles. The molecule has 1 aliphatic carbocycles. The summed E-state index contributed by atoms with van der Waals surface area (Å²) < 4.78 is 5.09. The maximum absolute atomic E-state index is 12.1. The lowest BCUT2D eigenvalue weighted by Crippen LogP contribution is -2.29. The molecule has 4 nitrogen and oxygen atoms in total. The molecule has 1 amide bonds. The first kappa shape index (κ1) is 15.4. The fourth-order valence-corrected chi connectivity index (χ4v) is 3.10. The normalized spacial score (nSPS) is 21.4. The van der Waals surface area contributed by atoms with Crippen molar-refractivity contribution < 1.29 is 14.3 Å². The second kappa shape index (κ2) is 6.32. The zero-order valence-electron chi connectivity index (χ0n) is 11.6. The Bertz CT molecular complexity index is 652. The van der Waals surface area contributed by atoms with E-state index in [0.717, 1.165) is 12.0 Å². The number of carbonyl (C=O) groups excluding carboxylic acids is 1. The minimum atomic E-state index is -0.836. The third kappa shape index (κ3) is 3.46. The number of rotatable bonds is 5. The second-order valence-electron chi connectivity index (χ2n) is 5.43. The maximum atomic E-state index is 12.1. The summed E-state index contributed by atoms with van der Waals surface area (Å²) in [7, 11) is 0. The Morgan fingerprint density at radius 3 is 2.73 bits per heavy atom. The van der Waals surface area contributed by atoms with Crippen LogP contribution in [0.25, 0.3) is 0 Å². The molecule has 1 heterocycles. The molecule has 0 bridgehead atoms. The minimum absolute atomic E-state index is 0.0771. The highest BCUT2D eigenvalue weighted by Crippen LogP contribution is 2.48. The van der Waals surface area contributed by atoms with Crippen LogP contribution in [-0.2, 0) is 4.79 Å². The Balaban J connectivity index is 1.54. The van der Waals surface area contributed by atoms with Crippen molar-refractivity contribution >= 4 is 29.1 Å². The number of hydrogen-bond donors (Lipinski definition) is 2. The summed E-state index contributed by atoms with van der Waals surface area (Å²) in [4.78, 5) is 12.1. The van der Waals surface area contributed by atoms with Gasteiger partial charge in [0.25, 0.3) is 0 Å². The van der Waals surface area contributed by atoms with Crippen molar-refractivity contribution in [1.82, 2.24) is 5.32 Å². The first-order valence-electron chi connectivity index (χ1n) is 7.00. The van der Waals surface area contributed by atoms with Gasteiger partial charge < -0.3 is 14.8 Å². The summed E-state index contributed by atoms with van der Waals surface area (Å²) in [5.41, 5.74) is 0.976. The van der Waals surface area contributed by atoms with Gasteiger partial charge in [0.15, 0.2) is 0 Å². The standard InChI is InChI=1S/C16H15Cl2NO3/c17-10-4-9(5-11(18)6-10)12-7-13(12)16(21)19-8-14(20)15-2-1-3-22-15/h1-6,12-14,20H,7-8H2,(H,19,21)/t12-,13+,14-/m0/s1. The van der Waals surface area contributed by atoms with E-state index >= 15 is 0 Å². The lowest BCUT2D eigenvalue weighted by molar-refractivity contribution is -0.122. The lowest BCUT2D eigenvalue weighted by atomic mass is 10.1. The van der Waals surface area contributed by atoms with Crippen LogP contribution in [0.4, 0.5) is 0 Å². The molecule has 0 spiro atoms. The highest BCUT2D eigenvalue weighted by atomic mass is 35.5. The predicted octanol–water partition coefficient (Wildman–Crippen LogP) is 3.54. The molecule has 0 aliphatic heterocycles. The number of carbonyl (C=O) groups is 1. The molecule has 2 aromatic rings. The highest BCUT2D eigenvalue weighted by molar-refractivity contribution is 6.34. The Morgan fingerprint density at radius 1 is 1.36 bits per heavy atom. The second-order valence-corrected chi connectivity index (χ2v) is 6.30. The highest BCUT2D eigenvalue weighted by Gasteiger charge is 2.44. The van der Waals surface area contributed by atoms with Crippen LogP contribution in [-0.4, -0.2) is 17.6 Å². The summed E-state index contributed by atoms with van der Waals surface area (Å²) in [6, 6.07) is 8.71. The van der Waals surface area contributed by atoms with Gasteiger partial charge in [-0.05, 0) is 48.2 Å². The molecule has 1 fully saturated rings. The number of benzene rings is 1. The fraction of sp³-hybridized carbons (Fsp3) is 0.312. The first-order chi connectivity index (χ1) is 10.5. The van der Waals surface area contributed by atoms with Crippen molar-refractivity contribution in [3.63, 3.8) is 0 Å². The average molecular weight is 340 g/mol. The SMILES string of the molecule is O=C(NC[C@H](O)c1ccco1)[C@@H]1C[C@H]1c1cc(Cl)cc(Cl)c1. The smallest absolute Gasteiger partial charge is 0.223 e. The van der Waals surface area contributed by atoms with E-state index in [1.54, 1.807) is 18.2 Å². The van der Waals surface area contributed by atoms with Gasteiger partial charge in [0.05, 0.1) is 12.8 Å². The minimum Gasteiger partial charge on any atom is -0.467 e. The van der Waals surface area contributed by atoms with Crippen LogP contribution in [0, 0.1) is 5.92 Å². The van der Waals surface area contributed by atoms with Gasteiger partial charge in [-0.2, -0.15) is 0 Å². The summed E-state index contributed by atoms with van der Waals surface area (Å²) in [5.74, 6) is 0.399. The van der Waals surface area contributed by atoms with Gasteiger partial charge in [-0.25, -0.2) is 0 Å². The molecule has 0 unspecified atom stereocenters. The molecule has 1 aromatic carbocycles. The topological polar surface area (TPSA) is 62.5 Å². The molecule has 1 aromatic heterocycles. The molecular weight excluding hydrogens is 325 g/mol. The molecule has 22 heavy (non-hydrogen) atoms. The number of nitrogens with one attached hydrogen (secondary N) is 1. The molecule has 3 atom stereocenters. The van der Waals surface area contributed by atoms with Crippen LogP contribution in [0.5, 0.6) is 0 Å². The zero-order valence-corrected chi connectivity index (χ0v) is 13.1. The Morgan fingerprint density at radius 2 is 2.09 bits per heavy atom. The Hall–Kier alpha value is -1.49. The van der Waals surface area contributed by atoms with Crippen LogP contribution in [0.2, 0.25) is 10.0 Å². The summed E-state index contributed by atoms with van der Waals surface area (Å²) >= 11 is 12.0. The Kier molecular flexibility index (Phi) is 4.43. The van der Waals surface area contributed by atoms with E-state index in [2.05, 4.69) is 5.32 Å². The van der Waals surface area contributed by atoms with Gasteiger partial charge in [0.1, 0.15) is 11.9 Å². The van der Waals surface area contributed by atoms with E-state index in [9.17, 15) is 9.90 Å². The first-order valence-corrected chi connectivity index (χ1v) is 7.75. The molecule has 1 aliphatic rings. The van der Waals surface area contributed by atoms with Gasteiger partial charge in [-0.15, -0.1) is 0 Å². The van der Waals surface area contributed by atoms with Crippen LogP contribution in [0.1, 0.15) is 29.8 Å². The zero-order chi connectivity index (χ0) is 15.7. The predicted molar refractivity (Wildman–Crippen MR) is 84.0 cm³/mol. The van der Waals surface area contributed by atoms with Crippen molar-refractivity contribution in [2.24, 2.45) is 5.92 Å². The summed E-state index contributed by atoms with van der Waals surface area (Å²) in [5, 5.41) is 13.8. The van der Waals surface area contributed by atoms with Crippen LogP contribution in [0.15, 0.2) is 41.0 Å². The fourth-order valence-electron chi connectivity index (χ4n) is 2.55. The monoisotopic (exact) mass is 339 g/mol. The molecule has 1 saturated carbocycles. The van der Waals surface area contributed by atoms with E-state index in [1.165, 1.54) is 6.26 Å². The third-order valence-electron chi connectivity index (χ3n) is 3.78. The van der Waals surface area contributed by atoms with Gasteiger partial charge in [0.2, 0.25) is 5.91 Å². The number of furan rings is 1. The number of amides is 1. The quantitative estimate of drug-likeness (QED) is 0.875. The van der Waals surface area contributed by atoms with Crippen molar-refractivity contribution in [2.75, 3.05) is 6.54 Å². The van der Waals surface area contributed by atoms with Gasteiger partial charge >= 0.3 is 0 Å². The molecule has 6 heteroatoms. The van der Waals surface area contributed by atoms with E-state index in [1.807, 2.05) is 12.1 Å². The van der Waals surface area contributed by atoms with E-state index in [-0.39, 0.29) is 24.3 Å². The van der Waals surface area contributed by atoms with Crippen LogP contribution >= 0.6 is 23.2 Å². The number of aliphatic hydroxyl groups is 1. The third-order valence-corrected chi connectivity index (χ3v) is 4.22.